The number of aromatic hydroxyl groups is 1. The van der Waals surface area contributed by atoms with Gasteiger partial charge in [-0.05, 0) is 12.1 Å². The van der Waals surface area contributed by atoms with Crippen molar-refractivity contribution in [3.63, 3.8) is 0 Å². The summed E-state index contributed by atoms with van der Waals surface area (Å²) in [5, 5.41) is 18.5. The number of ether oxygens (including phenoxy) is 1. The molecular weight excluding hydrogens is 279 g/mol. The van der Waals surface area contributed by atoms with Gasteiger partial charge in [-0.2, -0.15) is 13.2 Å². The Morgan fingerprint density at radius 2 is 2.05 bits per heavy atom. The third-order valence-corrected chi connectivity index (χ3v) is 2.48. The van der Waals surface area contributed by atoms with Gasteiger partial charge in [0.05, 0.1) is 19.3 Å². The molecule has 0 spiro atoms. The van der Waals surface area contributed by atoms with Crippen molar-refractivity contribution in [3.05, 3.63) is 23.8 Å². The van der Waals surface area contributed by atoms with Gasteiger partial charge in [0.25, 0.3) is 5.91 Å². The van der Waals surface area contributed by atoms with E-state index in [4.69, 9.17) is 9.84 Å². The van der Waals surface area contributed by atoms with Crippen LogP contribution in [-0.4, -0.2) is 54.0 Å². The maximum absolute atomic E-state index is 12.4. The van der Waals surface area contributed by atoms with E-state index in [9.17, 15) is 23.1 Å². The number of phenols is 1. The lowest BCUT2D eigenvalue weighted by Gasteiger charge is -2.23. The van der Waals surface area contributed by atoms with Gasteiger partial charge in [0, 0.05) is 6.54 Å². The van der Waals surface area contributed by atoms with Gasteiger partial charge in [0.15, 0.2) is 11.5 Å². The second-order valence-corrected chi connectivity index (χ2v) is 3.92. The Hall–Kier alpha value is -1.96. The highest BCUT2D eigenvalue weighted by molar-refractivity contribution is 5.97. The number of nitrogens with zero attached hydrogens (tertiary/aromatic N) is 1. The third-order valence-electron chi connectivity index (χ3n) is 2.48. The van der Waals surface area contributed by atoms with E-state index in [1.807, 2.05) is 0 Å². The van der Waals surface area contributed by atoms with Crippen molar-refractivity contribution >= 4 is 5.91 Å². The Bertz CT molecular complexity index is 476. The van der Waals surface area contributed by atoms with Gasteiger partial charge >= 0.3 is 6.18 Å². The number of carbonyl (C=O) groups is 1. The third kappa shape index (κ3) is 4.02. The molecule has 0 saturated carbocycles. The summed E-state index contributed by atoms with van der Waals surface area (Å²) in [6.45, 7) is -2.62. The molecule has 112 valence electrons. The van der Waals surface area contributed by atoms with Crippen molar-refractivity contribution in [1.82, 2.24) is 4.90 Å². The van der Waals surface area contributed by atoms with Crippen LogP contribution in [0.1, 0.15) is 10.4 Å². The van der Waals surface area contributed by atoms with E-state index >= 15 is 0 Å². The highest BCUT2D eigenvalue weighted by Gasteiger charge is 2.34. The van der Waals surface area contributed by atoms with E-state index in [1.165, 1.54) is 25.3 Å². The quantitative estimate of drug-likeness (QED) is 0.861. The number of para-hydroxylation sites is 1. The lowest BCUT2D eigenvalue weighted by Crippen LogP contribution is -2.40. The average molecular weight is 293 g/mol. The van der Waals surface area contributed by atoms with Crippen LogP contribution in [0.2, 0.25) is 0 Å². The minimum atomic E-state index is -4.60. The first kappa shape index (κ1) is 16.1. The molecule has 0 bridgehead atoms. The zero-order valence-corrected chi connectivity index (χ0v) is 10.6. The maximum Gasteiger partial charge on any atom is 0.406 e. The molecule has 0 aliphatic rings. The fourth-order valence-electron chi connectivity index (χ4n) is 1.62. The van der Waals surface area contributed by atoms with Crippen molar-refractivity contribution in [2.24, 2.45) is 0 Å². The maximum atomic E-state index is 12.4. The summed E-state index contributed by atoms with van der Waals surface area (Å²) in [6.07, 6.45) is -4.60. The van der Waals surface area contributed by atoms with Crippen molar-refractivity contribution in [2.75, 3.05) is 26.8 Å². The number of benzene rings is 1. The van der Waals surface area contributed by atoms with Crippen molar-refractivity contribution in [2.45, 2.75) is 6.18 Å². The number of carbonyl (C=O) groups excluding carboxylic acids is 1. The van der Waals surface area contributed by atoms with Gasteiger partial charge in [0.2, 0.25) is 0 Å². The Morgan fingerprint density at radius 1 is 1.40 bits per heavy atom. The highest BCUT2D eigenvalue weighted by atomic mass is 19.4. The molecule has 5 nitrogen and oxygen atoms in total. The average Bonchev–Trinajstić information content (AvgIpc) is 2.36. The molecule has 0 unspecified atom stereocenters. The van der Waals surface area contributed by atoms with Gasteiger partial charge in [0.1, 0.15) is 6.54 Å². The molecule has 0 aliphatic heterocycles. The Labute approximate surface area is 113 Å². The lowest BCUT2D eigenvalue weighted by molar-refractivity contribution is -0.141. The Morgan fingerprint density at radius 3 is 2.55 bits per heavy atom. The standard InChI is InChI=1S/C12H14F3NO4/c1-20-9-4-2-3-8(10(9)18)11(19)16(5-6-17)7-12(13,14)15/h2-4,17-18H,5-7H2,1H3. The normalized spacial score (nSPS) is 11.2. The molecule has 1 aromatic rings. The Balaban J connectivity index is 3.06. The van der Waals surface area contributed by atoms with Crippen molar-refractivity contribution in [3.8, 4) is 11.5 Å². The largest absolute Gasteiger partial charge is 0.504 e. The fraction of sp³-hybridized carbons (Fsp3) is 0.417. The van der Waals surface area contributed by atoms with Crippen LogP contribution >= 0.6 is 0 Å². The monoisotopic (exact) mass is 293 g/mol. The lowest BCUT2D eigenvalue weighted by atomic mass is 10.1. The zero-order valence-electron chi connectivity index (χ0n) is 10.6. The number of amides is 1. The molecule has 0 fully saturated rings. The summed E-state index contributed by atoms with van der Waals surface area (Å²) in [5.74, 6) is -1.59. The van der Waals surface area contributed by atoms with Crippen LogP contribution in [0, 0.1) is 0 Å². The zero-order chi connectivity index (χ0) is 15.3. The molecule has 0 radical (unpaired) electrons. The Kier molecular flexibility index (Phi) is 5.20. The van der Waals surface area contributed by atoms with E-state index in [-0.39, 0.29) is 11.3 Å². The molecular formula is C12H14F3NO4. The van der Waals surface area contributed by atoms with E-state index in [0.29, 0.717) is 4.90 Å². The van der Waals surface area contributed by atoms with Crippen molar-refractivity contribution in [1.29, 1.82) is 0 Å². The summed E-state index contributed by atoms with van der Waals surface area (Å²) in [7, 11) is 1.25. The number of aliphatic hydroxyl groups is 1. The van der Waals surface area contributed by atoms with Crippen molar-refractivity contribution < 1.29 is 32.9 Å². The van der Waals surface area contributed by atoms with Gasteiger partial charge in [-0.15, -0.1) is 0 Å². The van der Waals surface area contributed by atoms with Gasteiger partial charge < -0.3 is 19.8 Å². The molecule has 0 aliphatic carbocycles. The number of hydrogen-bond acceptors (Lipinski definition) is 4. The molecule has 0 heterocycles. The number of aliphatic hydroxyl groups excluding tert-OH is 1. The molecule has 1 aromatic carbocycles. The first-order valence-corrected chi connectivity index (χ1v) is 5.63. The second kappa shape index (κ2) is 6.47. The van der Waals surface area contributed by atoms with Gasteiger partial charge in [-0.3, -0.25) is 4.79 Å². The number of methoxy groups -OCH3 is 1. The fourth-order valence-corrected chi connectivity index (χ4v) is 1.62. The van der Waals surface area contributed by atoms with Crippen LogP contribution in [0.25, 0.3) is 0 Å². The van der Waals surface area contributed by atoms with E-state index in [0.717, 1.165) is 0 Å². The predicted molar refractivity (Wildman–Crippen MR) is 63.7 cm³/mol. The molecule has 1 amide bonds. The number of rotatable bonds is 5. The molecule has 0 saturated heterocycles. The van der Waals surface area contributed by atoms with Crippen LogP contribution in [0.4, 0.5) is 13.2 Å². The molecule has 1 rings (SSSR count). The SMILES string of the molecule is COc1cccc(C(=O)N(CCO)CC(F)(F)F)c1O. The van der Waals surface area contributed by atoms with E-state index in [1.54, 1.807) is 0 Å². The predicted octanol–water partition coefficient (Wildman–Crippen LogP) is 1.40. The summed E-state index contributed by atoms with van der Waals surface area (Å²) >= 11 is 0. The highest BCUT2D eigenvalue weighted by Crippen LogP contribution is 2.30. The topological polar surface area (TPSA) is 70.0 Å². The summed E-state index contributed by atoms with van der Waals surface area (Å²) in [5.41, 5.74) is -0.318. The van der Waals surface area contributed by atoms with Crippen LogP contribution in [0.3, 0.4) is 0 Å². The van der Waals surface area contributed by atoms with E-state index < -0.39 is 37.5 Å². The molecule has 20 heavy (non-hydrogen) atoms. The summed E-state index contributed by atoms with van der Waals surface area (Å²) < 4.78 is 41.9. The van der Waals surface area contributed by atoms with E-state index in [2.05, 4.69) is 0 Å². The minimum Gasteiger partial charge on any atom is -0.504 e. The smallest absolute Gasteiger partial charge is 0.406 e. The summed E-state index contributed by atoms with van der Waals surface area (Å²) in [4.78, 5) is 12.4. The van der Waals surface area contributed by atoms with Crippen LogP contribution in [0.15, 0.2) is 18.2 Å². The molecule has 0 aromatic heterocycles. The van der Waals surface area contributed by atoms with Crippen LogP contribution in [-0.2, 0) is 0 Å². The minimum absolute atomic E-state index is 0.0215. The summed E-state index contributed by atoms with van der Waals surface area (Å²) in [6, 6.07) is 3.92. The number of alkyl halides is 3. The first-order chi connectivity index (χ1) is 9.30. The van der Waals surface area contributed by atoms with Crippen LogP contribution in [0.5, 0.6) is 11.5 Å². The molecule has 8 heteroatoms. The van der Waals surface area contributed by atoms with Crippen LogP contribution < -0.4 is 4.74 Å². The number of hydrogen-bond donors (Lipinski definition) is 2. The second-order valence-electron chi connectivity index (χ2n) is 3.92. The number of phenolic OH excluding ortho intramolecular Hbond substituents is 1. The first-order valence-electron chi connectivity index (χ1n) is 5.63. The van der Waals surface area contributed by atoms with Gasteiger partial charge in [-0.1, -0.05) is 6.07 Å². The molecule has 2 N–H and O–H groups in total. The van der Waals surface area contributed by atoms with Gasteiger partial charge in [-0.25, -0.2) is 0 Å². The molecule has 0 atom stereocenters. The number of halogens is 3.